The van der Waals surface area contributed by atoms with Gasteiger partial charge in [-0.3, -0.25) is 9.78 Å². The van der Waals surface area contributed by atoms with E-state index in [9.17, 15) is 4.79 Å². The highest BCUT2D eigenvalue weighted by Gasteiger charge is 2.25. The van der Waals surface area contributed by atoms with E-state index >= 15 is 0 Å². The van der Waals surface area contributed by atoms with E-state index in [4.69, 9.17) is 0 Å². The molecular formula is C23H26N4O. The van der Waals surface area contributed by atoms with Gasteiger partial charge in [-0.25, -0.2) is 0 Å². The molecule has 0 aliphatic carbocycles. The first-order valence-electron chi connectivity index (χ1n) is 9.96. The molecule has 5 heteroatoms. The molecule has 1 fully saturated rings. The molecule has 3 heterocycles. The zero-order chi connectivity index (χ0) is 19.3. The summed E-state index contributed by atoms with van der Waals surface area (Å²) in [6, 6.07) is 16.4. The number of hydrogen-bond donors (Lipinski definition) is 0. The van der Waals surface area contributed by atoms with Gasteiger partial charge in [-0.2, -0.15) is 0 Å². The predicted octanol–water partition coefficient (Wildman–Crippen LogP) is 3.92. The van der Waals surface area contributed by atoms with Crippen molar-refractivity contribution in [1.82, 2.24) is 14.5 Å². The molecule has 1 aliphatic rings. The number of nitrogens with zero attached hydrogens (tertiary/aromatic N) is 4. The number of carbonyl (C=O) groups is 1. The second-order valence-corrected chi connectivity index (χ2v) is 7.16. The van der Waals surface area contributed by atoms with Gasteiger partial charge < -0.3 is 14.4 Å². The van der Waals surface area contributed by atoms with Crippen LogP contribution in [0.3, 0.4) is 0 Å². The van der Waals surface area contributed by atoms with Crippen LogP contribution >= 0.6 is 0 Å². The third kappa shape index (κ3) is 3.79. The van der Waals surface area contributed by atoms with Crippen molar-refractivity contribution < 1.29 is 4.79 Å². The summed E-state index contributed by atoms with van der Waals surface area (Å²) in [6.07, 6.45) is 6.66. The average Bonchev–Trinajstić information content (AvgIpc) is 3.19. The van der Waals surface area contributed by atoms with E-state index < -0.39 is 0 Å². The summed E-state index contributed by atoms with van der Waals surface area (Å²) in [5, 5.41) is 0. The van der Waals surface area contributed by atoms with Gasteiger partial charge in [-0.1, -0.05) is 25.1 Å². The fourth-order valence-corrected chi connectivity index (χ4v) is 3.79. The van der Waals surface area contributed by atoms with Crippen LogP contribution in [0.5, 0.6) is 0 Å². The number of rotatable bonds is 5. The molecule has 0 N–H and O–H groups in total. The van der Waals surface area contributed by atoms with E-state index in [1.54, 1.807) is 12.4 Å². The molecule has 144 valence electrons. The molecule has 0 saturated carbocycles. The topological polar surface area (TPSA) is 41.4 Å². The number of piperazine rings is 1. The van der Waals surface area contributed by atoms with Crippen LogP contribution in [0.4, 0.5) is 5.69 Å². The Hall–Kier alpha value is -3.08. The summed E-state index contributed by atoms with van der Waals surface area (Å²) in [7, 11) is 0. The maximum absolute atomic E-state index is 13.3. The maximum Gasteiger partial charge on any atom is 0.270 e. The number of hydrogen-bond acceptors (Lipinski definition) is 3. The van der Waals surface area contributed by atoms with Crippen molar-refractivity contribution >= 4 is 11.6 Å². The standard InChI is InChI=1S/C23H26N4O/c1-2-12-27-18-20(19-8-10-24-11-9-19)17-22(27)23(28)26-15-13-25(14-16-26)21-6-4-3-5-7-21/h3-11,17-18H,2,12-16H2,1H3. The van der Waals surface area contributed by atoms with Crippen LogP contribution in [0.1, 0.15) is 23.8 Å². The lowest BCUT2D eigenvalue weighted by molar-refractivity contribution is 0.0735. The van der Waals surface area contributed by atoms with Crippen LogP contribution in [0.15, 0.2) is 67.1 Å². The van der Waals surface area contributed by atoms with Crippen molar-refractivity contribution in [2.75, 3.05) is 31.1 Å². The minimum atomic E-state index is 0.126. The highest BCUT2D eigenvalue weighted by Crippen LogP contribution is 2.24. The van der Waals surface area contributed by atoms with Gasteiger partial charge in [-0.05, 0) is 42.3 Å². The average molecular weight is 374 g/mol. The normalized spacial score (nSPS) is 14.3. The minimum Gasteiger partial charge on any atom is -0.368 e. The number of anilines is 1. The van der Waals surface area contributed by atoms with E-state index in [0.717, 1.165) is 56.0 Å². The molecule has 1 saturated heterocycles. The Morgan fingerprint density at radius 2 is 1.68 bits per heavy atom. The summed E-state index contributed by atoms with van der Waals surface area (Å²) < 4.78 is 2.10. The Bertz CT molecular complexity index is 912. The number of aryl methyl sites for hydroxylation is 1. The van der Waals surface area contributed by atoms with E-state index in [1.807, 2.05) is 29.2 Å². The number of pyridine rings is 1. The molecule has 1 aliphatic heterocycles. The van der Waals surface area contributed by atoms with Crippen molar-refractivity contribution in [3.8, 4) is 11.1 Å². The van der Waals surface area contributed by atoms with Crippen molar-refractivity contribution in [3.05, 3.63) is 72.8 Å². The van der Waals surface area contributed by atoms with Crippen LogP contribution in [-0.4, -0.2) is 46.5 Å². The smallest absolute Gasteiger partial charge is 0.270 e. The Morgan fingerprint density at radius 1 is 0.964 bits per heavy atom. The third-order valence-electron chi connectivity index (χ3n) is 5.28. The van der Waals surface area contributed by atoms with Gasteiger partial charge in [0.2, 0.25) is 0 Å². The third-order valence-corrected chi connectivity index (χ3v) is 5.28. The van der Waals surface area contributed by atoms with Crippen molar-refractivity contribution in [2.45, 2.75) is 19.9 Å². The first-order valence-corrected chi connectivity index (χ1v) is 9.96. The molecule has 28 heavy (non-hydrogen) atoms. The molecule has 0 bridgehead atoms. The molecule has 0 spiro atoms. The molecular weight excluding hydrogens is 348 g/mol. The number of amides is 1. The molecule has 4 rings (SSSR count). The van der Waals surface area contributed by atoms with Crippen molar-refractivity contribution in [1.29, 1.82) is 0 Å². The quantitative estimate of drug-likeness (QED) is 0.680. The van der Waals surface area contributed by atoms with Gasteiger partial charge in [0.15, 0.2) is 0 Å². The van der Waals surface area contributed by atoms with Crippen molar-refractivity contribution in [2.24, 2.45) is 0 Å². The highest BCUT2D eigenvalue weighted by molar-refractivity contribution is 5.94. The lowest BCUT2D eigenvalue weighted by Crippen LogP contribution is -2.49. The van der Waals surface area contributed by atoms with E-state index in [-0.39, 0.29) is 5.91 Å². The fourth-order valence-electron chi connectivity index (χ4n) is 3.79. The summed E-state index contributed by atoms with van der Waals surface area (Å²) in [5.41, 5.74) is 4.17. The SMILES string of the molecule is CCCn1cc(-c2ccncc2)cc1C(=O)N1CCN(c2ccccc2)CC1. The second kappa shape index (κ2) is 8.30. The van der Waals surface area contributed by atoms with Crippen LogP contribution in [0.25, 0.3) is 11.1 Å². The Balaban J connectivity index is 1.51. The molecule has 5 nitrogen and oxygen atoms in total. The maximum atomic E-state index is 13.3. The second-order valence-electron chi connectivity index (χ2n) is 7.16. The van der Waals surface area contributed by atoms with Gasteiger partial charge in [0.1, 0.15) is 5.69 Å². The van der Waals surface area contributed by atoms with Crippen molar-refractivity contribution in [3.63, 3.8) is 0 Å². The van der Waals surface area contributed by atoms with Gasteiger partial charge >= 0.3 is 0 Å². The Kier molecular flexibility index (Phi) is 5.42. The largest absolute Gasteiger partial charge is 0.368 e. The zero-order valence-corrected chi connectivity index (χ0v) is 16.3. The number of aromatic nitrogens is 2. The Morgan fingerprint density at radius 3 is 2.36 bits per heavy atom. The summed E-state index contributed by atoms with van der Waals surface area (Å²) in [4.78, 5) is 21.7. The van der Waals surface area contributed by atoms with Crippen LogP contribution in [-0.2, 0) is 6.54 Å². The molecule has 1 aromatic carbocycles. The Labute approximate surface area is 166 Å². The molecule has 3 aromatic rings. The number of carbonyl (C=O) groups excluding carboxylic acids is 1. The van der Waals surface area contributed by atoms with Crippen LogP contribution in [0.2, 0.25) is 0 Å². The van der Waals surface area contributed by atoms with Gasteiger partial charge in [0.05, 0.1) is 0 Å². The minimum absolute atomic E-state index is 0.126. The lowest BCUT2D eigenvalue weighted by Gasteiger charge is -2.36. The van der Waals surface area contributed by atoms with Gasteiger partial charge in [0.25, 0.3) is 5.91 Å². The summed E-state index contributed by atoms with van der Waals surface area (Å²) in [5.74, 6) is 0.126. The van der Waals surface area contributed by atoms with E-state index in [0.29, 0.717) is 0 Å². The molecule has 2 aromatic heterocycles. The molecule has 0 unspecified atom stereocenters. The number of benzene rings is 1. The van der Waals surface area contributed by atoms with E-state index in [2.05, 4.69) is 51.8 Å². The van der Waals surface area contributed by atoms with Gasteiger partial charge in [-0.15, -0.1) is 0 Å². The zero-order valence-electron chi connectivity index (χ0n) is 16.3. The van der Waals surface area contributed by atoms with Crippen LogP contribution < -0.4 is 4.90 Å². The van der Waals surface area contributed by atoms with Gasteiger partial charge in [0, 0.05) is 62.6 Å². The van der Waals surface area contributed by atoms with E-state index in [1.165, 1.54) is 5.69 Å². The summed E-state index contributed by atoms with van der Waals surface area (Å²) >= 11 is 0. The predicted molar refractivity (Wildman–Crippen MR) is 113 cm³/mol. The first-order chi connectivity index (χ1) is 13.8. The fraction of sp³-hybridized carbons (Fsp3) is 0.304. The first kappa shape index (κ1) is 18.3. The number of para-hydroxylation sites is 1. The molecule has 1 amide bonds. The molecule has 0 radical (unpaired) electrons. The van der Waals surface area contributed by atoms with Crippen LogP contribution in [0, 0.1) is 0 Å². The molecule has 0 atom stereocenters. The summed E-state index contributed by atoms with van der Waals surface area (Å²) in [6.45, 7) is 6.20. The monoisotopic (exact) mass is 374 g/mol. The lowest BCUT2D eigenvalue weighted by atomic mass is 10.1. The highest BCUT2D eigenvalue weighted by atomic mass is 16.2.